The van der Waals surface area contributed by atoms with Crippen molar-refractivity contribution in [2.75, 3.05) is 0 Å². The Bertz CT molecular complexity index is 242. The molecule has 0 aliphatic rings. The predicted octanol–water partition coefficient (Wildman–Crippen LogP) is 0.433. The maximum Gasteiger partial charge on any atom is 0.105 e. The van der Waals surface area contributed by atoms with Crippen LogP contribution in [0.5, 0.6) is 0 Å². The molecule has 1 atom stereocenters. The third-order valence-electron chi connectivity index (χ3n) is 1.95. The lowest BCUT2D eigenvalue weighted by atomic mass is 10.0. The topological polar surface area (TPSA) is 50.9 Å². The Morgan fingerprint density at radius 1 is 1.73 bits per heavy atom. The van der Waals surface area contributed by atoms with Crippen molar-refractivity contribution in [2.45, 2.75) is 25.9 Å². The van der Waals surface area contributed by atoms with Gasteiger partial charge in [0.05, 0.1) is 11.9 Å². The molecule has 0 aromatic carbocycles. The summed E-state index contributed by atoms with van der Waals surface area (Å²) in [5.41, 5.74) is -0.0573. The molecule has 0 bridgehead atoms. The zero-order valence-corrected chi connectivity index (χ0v) is 7.07. The zero-order valence-electron chi connectivity index (χ0n) is 7.07. The Hall–Kier alpha value is -0.900. The van der Waals surface area contributed by atoms with E-state index in [9.17, 15) is 5.11 Å². The molecule has 4 nitrogen and oxygen atoms in total. The number of aliphatic hydroxyl groups is 1. The third kappa shape index (κ3) is 1.40. The first-order valence-electron chi connectivity index (χ1n) is 3.65. The van der Waals surface area contributed by atoms with Crippen molar-refractivity contribution in [2.24, 2.45) is 7.05 Å². The highest BCUT2D eigenvalue weighted by atomic mass is 16.3. The van der Waals surface area contributed by atoms with Crippen LogP contribution in [0.25, 0.3) is 0 Å². The fourth-order valence-electron chi connectivity index (χ4n) is 0.958. The second kappa shape index (κ2) is 2.62. The van der Waals surface area contributed by atoms with Crippen LogP contribution in [0, 0.1) is 0 Å². The van der Waals surface area contributed by atoms with Crippen molar-refractivity contribution < 1.29 is 5.11 Å². The summed E-state index contributed by atoms with van der Waals surface area (Å²) < 4.78 is 1.59. The first-order valence-corrected chi connectivity index (χ1v) is 3.65. The van der Waals surface area contributed by atoms with E-state index in [0.717, 1.165) is 5.69 Å². The van der Waals surface area contributed by atoms with Crippen LogP contribution < -0.4 is 0 Å². The maximum atomic E-state index is 9.76. The molecule has 4 heteroatoms. The zero-order chi connectivity index (χ0) is 8.48. The first kappa shape index (κ1) is 8.20. The lowest BCUT2D eigenvalue weighted by Gasteiger charge is -2.19. The van der Waals surface area contributed by atoms with Gasteiger partial charge in [-0.05, 0) is 13.3 Å². The standard InChI is InChI=1S/C7H13N3O/c1-4-7(2,11)6-5-8-9-10(6)3/h5,11H,4H2,1-3H3. The van der Waals surface area contributed by atoms with Crippen LogP contribution in [0.2, 0.25) is 0 Å². The molecular formula is C7H13N3O. The third-order valence-corrected chi connectivity index (χ3v) is 1.95. The van der Waals surface area contributed by atoms with Gasteiger partial charge in [-0.25, -0.2) is 4.68 Å². The van der Waals surface area contributed by atoms with Gasteiger partial charge in [-0.3, -0.25) is 0 Å². The van der Waals surface area contributed by atoms with Crippen LogP contribution in [0.3, 0.4) is 0 Å². The van der Waals surface area contributed by atoms with E-state index in [4.69, 9.17) is 0 Å². The average molecular weight is 155 g/mol. The maximum absolute atomic E-state index is 9.76. The molecule has 0 saturated carbocycles. The summed E-state index contributed by atoms with van der Waals surface area (Å²) in [5, 5.41) is 17.2. The molecule has 0 spiro atoms. The minimum atomic E-state index is -0.807. The fraction of sp³-hybridized carbons (Fsp3) is 0.714. The Morgan fingerprint density at radius 3 is 2.73 bits per heavy atom. The lowest BCUT2D eigenvalue weighted by molar-refractivity contribution is 0.0445. The molecule has 62 valence electrons. The smallest absolute Gasteiger partial charge is 0.105 e. The summed E-state index contributed by atoms with van der Waals surface area (Å²) in [6.45, 7) is 3.68. The summed E-state index contributed by atoms with van der Waals surface area (Å²) in [5.74, 6) is 0. The van der Waals surface area contributed by atoms with Crippen LogP contribution in [-0.4, -0.2) is 20.1 Å². The van der Waals surface area contributed by atoms with Crippen molar-refractivity contribution in [1.29, 1.82) is 0 Å². The highest BCUT2D eigenvalue weighted by Gasteiger charge is 2.24. The quantitative estimate of drug-likeness (QED) is 0.674. The van der Waals surface area contributed by atoms with E-state index < -0.39 is 5.60 Å². The SMILES string of the molecule is CCC(C)(O)c1cnnn1C. The number of aromatic nitrogens is 3. The van der Waals surface area contributed by atoms with Gasteiger partial charge in [-0.15, -0.1) is 5.10 Å². The summed E-state index contributed by atoms with van der Waals surface area (Å²) in [7, 11) is 1.77. The van der Waals surface area contributed by atoms with Crippen molar-refractivity contribution in [3.05, 3.63) is 11.9 Å². The van der Waals surface area contributed by atoms with Gasteiger partial charge in [-0.2, -0.15) is 0 Å². The number of hydrogen-bond acceptors (Lipinski definition) is 3. The highest BCUT2D eigenvalue weighted by Crippen LogP contribution is 2.21. The van der Waals surface area contributed by atoms with Gasteiger partial charge in [-0.1, -0.05) is 12.1 Å². The summed E-state index contributed by atoms with van der Waals surface area (Å²) in [6.07, 6.45) is 2.25. The summed E-state index contributed by atoms with van der Waals surface area (Å²) in [6, 6.07) is 0. The molecule has 1 unspecified atom stereocenters. The predicted molar refractivity (Wildman–Crippen MR) is 40.9 cm³/mol. The lowest BCUT2D eigenvalue weighted by Crippen LogP contribution is -2.23. The van der Waals surface area contributed by atoms with E-state index >= 15 is 0 Å². The number of nitrogens with zero attached hydrogens (tertiary/aromatic N) is 3. The molecule has 1 aromatic heterocycles. The molecule has 1 N–H and O–H groups in total. The molecule has 0 saturated heterocycles. The van der Waals surface area contributed by atoms with Gasteiger partial charge < -0.3 is 5.11 Å². The Morgan fingerprint density at radius 2 is 2.36 bits per heavy atom. The summed E-state index contributed by atoms with van der Waals surface area (Å²) >= 11 is 0. The monoisotopic (exact) mass is 155 g/mol. The van der Waals surface area contributed by atoms with Crippen LogP contribution in [0.15, 0.2) is 6.20 Å². The molecule has 1 heterocycles. The van der Waals surface area contributed by atoms with Gasteiger partial charge in [0, 0.05) is 7.05 Å². The van der Waals surface area contributed by atoms with E-state index in [-0.39, 0.29) is 0 Å². The van der Waals surface area contributed by atoms with E-state index in [0.29, 0.717) is 6.42 Å². The molecule has 0 aliphatic heterocycles. The van der Waals surface area contributed by atoms with Crippen LogP contribution in [0.1, 0.15) is 26.0 Å². The Kier molecular flexibility index (Phi) is 1.95. The normalized spacial score (nSPS) is 16.4. The molecule has 0 fully saturated rings. The Balaban J connectivity index is 3.00. The summed E-state index contributed by atoms with van der Waals surface area (Å²) in [4.78, 5) is 0. The molecule has 0 radical (unpaired) electrons. The van der Waals surface area contributed by atoms with Crippen LogP contribution in [0.4, 0.5) is 0 Å². The van der Waals surface area contributed by atoms with Gasteiger partial charge in [0.2, 0.25) is 0 Å². The van der Waals surface area contributed by atoms with E-state index in [1.807, 2.05) is 6.92 Å². The van der Waals surface area contributed by atoms with Gasteiger partial charge >= 0.3 is 0 Å². The molecule has 0 aliphatic carbocycles. The second-order valence-electron chi connectivity index (χ2n) is 2.87. The van der Waals surface area contributed by atoms with E-state index in [1.165, 1.54) is 0 Å². The van der Waals surface area contributed by atoms with E-state index in [2.05, 4.69) is 10.3 Å². The minimum absolute atomic E-state index is 0.661. The molecule has 0 amide bonds. The second-order valence-corrected chi connectivity index (χ2v) is 2.87. The first-order chi connectivity index (χ1) is 5.08. The van der Waals surface area contributed by atoms with Gasteiger partial charge in [0.1, 0.15) is 5.60 Å². The fourth-order valence-corrected chi connectivity index (χ4v) is 0.958. The Labute approximate surface area is 65.8 Å². The molecule has 1 aromatic rings. The number of hydrogen-bond donors (Lipinski definition) is 1. The van der Waals surface area contributed by atoms with Crippen molar-refractivity contribution >= 4 is 0 Å². The van der Waals surface area contributed by atoms with Crippen molar-refractivity contribution in [1.82, 2.24) is 15.0 Å². The molecular weight excluding hydrogens is 142 g/mol. The average Bonchev–Trinajstić information content (AvgIpc) is 2.36. The van der Waals surface area contributed by atoms with E-state index in [1.54, 1.807) is 24.9 Å². The van der Waals surface area contributed by atoms with Crippen molar-refractivity contribution in [3.8, 4) is 0 Å². The number of aryl methyl sites for hydroxylation is 1. The molecule has 1 rings (SSSR count). The van der Waals surface area contributed by atoms with Crippen LogP contribution in [-0.2, 0) is 12.6 Å². The van der Waals surface area contributed by atoms with Crippen LogP contribution >= 0.6 is 0 Å². The largest absolute Gasteiger partial charge is 0.384 e. The highest BCUT2D eigenvalue weighted by molar-refractivity contribution is 5.04. The minimum Gasteiger partial charge on any atom is -0.384 e. The van der Waals surface area contributed by atoms with Gasteiger partial charge in [0.25, 0.3) is 0 Å². The van der Waals surface area contributed by atoms with Crippen molar-refractivity contribution in [3.63, 3.8) is 0 Å². The van der Waals surface area contributed by atoms with Gasteiger partial charge in [0.15, 0.2) is 0 Å². The molecule has 11 heavy (non-hydrogen) atoms. The number of rotatable bonds is 2.